The Morgan fingerprint density at radius 2 is 2.00 bits per heavy atom. The predicted octanol–water partition coefficient (Wildman–Crippen LogP) is 3.05. The molecule has 0 bridgehead atoms. The summed E-state index contributed by atoms with van der Waals surface area (Å²) in [6.45, 7) is 4.26. The molecule has 1 saturated carbocycles. The summed E-state index contributed by atoms with van der Waals surface area (Å²) in [7, 11) is 1.69. The van der Waals surface area contributed by atoms with E-state index in [0.29, 0.717) is 12.0 Å². The Balaban J connectivity index is 2.26. The Kier molecular flexibility index (Phi) is 4.27. The van der Waals surface area contributed by atoms with Gasteiger partial charge in [-0.25, -0.2) is 0 Å². The second kappa shape index (κ2) is 5.74. The highest BCUT2D eigenvalue weighted by atomic mass is 16.5. The summed E-state index contributed by atoms with van der Waals surface area (Å²) in [6, 6.07) is 0.365. The minimum absolute atomic E-state index is 0.0464. The van der Waals surface area contributed by atoms with Crippen molar-refractivity contribution in [3.05, 3.63) is 11.9 Å². The topological polar surface area (TPSA) is 53.1 Å². The summed E-state index contributed by atoms with van der Waals surface area (Å²) >= 11 is 0. The number of nitrogens with zero attached hydrogens (tertiary/aromatic N) is 2. The number of hydrogen-bond donors (Lipinski definition) is 1. The van der Waals surface area contributed by atoms with E-state index in [1.54, 1.807) is 13.3 Å². The molecule has 4 nitrogen and oxygen atoms in total. The van der Waals surface area contributed by atoms with Crippen LogP contribution in [-0.2, 0) is 0 Å². The van der Waals surface area contributed by atoms with Gasteiger partial charge in [0.25, 0.3) is 0 Å². The number of aromatic nitrogens is 2. The van der Waals surface area contributed by atoms with E-state index < -0.39 is 0 Å². The molecule has 1 aromatic rings. The number of hydrogen-bond acceptors (Lipinski definition) is 3. The molecule has 0 amide bonds. The number of nitrogens with two attached hydrogens (primary N) is 1. The average molecular weight is 251 g/mol. The van der Waals surface area contributed by atoms with Crippen molar-refractivity contribution in [2.75, 3.05) is 7.11 Å². The quantitative estimate of drug-likeness (QED) is 0.894. The van der Waals surface area contributed by atoms with Gasteiger partial charge in [-0.2, -0.15) is 5.10 Å². The largest absolute Gasteiger partial charge is 0.493 e. The van der Waals surface area contributed by atoms with Gasteiger partial charge in [-0.05, 0) is 32.6 Å². The molecule has 0 radical (unpaired) electrons. The van der Waals surface area contributed by atoms with Gasteiger partial charge in [-0.1, -0.05) is 19.3 Å². The molecular formula is C14H25N3O. The van der Waals surface area contributed by atoms with Crippen LogP contribution in [0.4, 0.5) is 0 Å². The van der Waals surface area contributed by atoms with E-state index in [4.69, 9.17) is 10.5 Å². The number of methoxy groups -OCH3 is 1. The second-order valence-electron chi connectivity index (χ2n) is 5.56. The van der Waals surface area contributed by atoms with Crippen LogP contribution in [0.5, 0.6) is 5.75 Å². The fourth-order valence-corrected chi connectivity index (χ4v) is 2.96. The van der Waals surface area contributed by atoms with Crippen molar-refractivity contribution >= 4 is 0 Å². The third-order valence-electron chi connectivity index (χ3n) is 3.98. The maximum absolute atomic E-state index is 6.49. The van der Waals surface area contributed by atoms with Crippen LogP contribution in [0.1, 0.15) is 63.7 Å². The van der Waals surface area contributed by atoms with Crippen LogP contribution in [0.15, 0.2) is 6.20 Å². The lowest BCUT2D eigenvalue weighted by atomic mass is 9.83. The van der Waals surface area contributed by atoms with Gasteiger partial charge in [0.15, 0.2) is 5.75 Å². The summed E-state index contributed by atoms with van der Waals surface area (Å²) in [5.74, 6) is 1.41. The number of ether oxygens (including phenoxy) is 1. The Morgan fingerprint density at radius 3 is 2.56 bits per heavy atom. The zero-order valence-electron chi connectivity index (χ0n) is 11.7. The fraction of sp³-hybridized carbons (Fsp3) is 0.786. The summed E-state index contributed by atoms with van der Waals surface area (Å²) in [5.41, 5.74) is 7.56. The molecule has 0 aromatic carbocycles. The smallest absolute Gasteiger partial charge is 0.161 e. The van der Waals surface area contributed by atoms with E-state index in [1.165, 1.54) is 32.1 Å². The lowest BCUT2D eigenvalue weighted by molar-refractivity contribution is 0.287. The normalized spacial score (nSPS) is 19.2. The van der Waals surface area contributed by atoms with Crippen molar-refractivity contribution in [1.82, 2.24) is 9.78 Å². The van der Waals surface area contributed by atoms with E-state index >= 15 is 0 Å². The Bertz CT molecular complexity index is 380. The lowest BCUT2D eigenvalue weighted by Gasteiger charge is -2.29. The highest BCUT2D eigenvalue weighted by Crippen LogP contribution is 2.37. The predicted molar refractivity (Wildman–Crippen MR) is 72.7 cm³/mol. The van der Waals surface area contributed by atoms with Crippen molar-refractivity contribution in [2.24, 2.45) is 11.7 Å². The van der Waals surface area contributed by atoms with Crippen molar-refractivity contribution in [2.45, 2.75) is 58.0 Å². The molecule has 0 aliphatic heterocycles. The molecule has 2 rings (SSSR count). The van der Waals surface area contributed by atoms with Gasteiger partial charge in [0.05, 0.1) is 25.0 Å². The summed E-state index contributed by atoms with van der Waals surface area (Å²) in [4.78, 5) is 0. The van der Waals surface area contributed by atoms with Gasteiger partial charge in [-0.3, -0.25) is 4.68 Å². The van der Waals surface area contributed by atoms with E-state index in [2.05, 4.69) is 18.9 Å². The summed E-state index contributed by atoms with van der Waals surface area (Å²) < 4.78 is 7.44. The molecule has 4 heteroatoms. The Morgan fingerprint density at radius 1 is 1.33 bits per heavy atom. The highest BCUT2D eigenvalue weighted by Gasteiger charge is 2.28. The van der Waals surface area contributed by atoms with Gasteiger partial charge in [0, 0.05) is 6.04 Å². The zero-order valence-corrected chi connectivity index (χ0v) is 11.7. The maximum atomic E-state index is 6.49. The maximum Gasteiger partial charge on any atom is 0.161 e. The minimum atomic E-state index is 0.0464. The molecule has 0 saturated heterocycles. The first-order valence-corrected chi connectivity index (χ1v) is 7.02. The van der Waals surface area contributed by atoms with Crippen molar-refractivity contribution in [3.63, 3.8) is 0 Å². The van der Waals surface area contributed by atoms with Crippen molar-refractivity contribution < 1.29 is 4.74 Å². The molecule has 2 N–H and O–H groups in total. The van der Waals surface area contributed by atoms with Crippen molar-refractivity contribution in [1.29, 1.82) is 0 Å². The van der Waals surface area contributed by atoms with Gasteiger partial charge >= 0.3 is 0 Å². The van der Waals surface area contributed by atoms with Crippen LogP contribution in [0.3, 0.4) is 0 Å². The van der Waals surface area contributed by atoms with Crippen LogP contribution in [-0.4, -0.2) is 16.9 Å². The molecular weight excluding hydrogens is 226 g/mol. The second-order valence-corrected chi connectivity index (χ2v) is 5.56. The Labute approximate surface area is 110 Å². The SMILES string of the molecule is COc1cnn(C(C)C)c1C(N)C1CCCCC1. The molecule has 1 atom stereocenters. The highest BCUT2D eigenvalue weighted by molar-refractivity contribution is 5.29. The van der Waals surface area contributed by atoms with Gasteiger partial charge < -0.3 is 10.5 Å². The van der Waals surface area contributed by atoms with E-state index in [0.717, 1.165) is 11.4 Å². The molecule has 102 valence electrons. The average Bonchev–Trinajstić information content (AvgIpc) is 2.82. The van der Waals surface area contributed by atoms with E-state index in [-0.39, 0.29) is 6.04 Å². The van der Waals surface area contributed by atoms with Crippen LogP contribution in [0, 0.1) is 5.92 Å². The van der Waals surface area contributed by atoms with E-state index in [9.17, 15) is 0 Å². The van der Waals surface area contributed by atoms with Crippen LogP contribution >= 0.6 is 0 Å². The summed E-state index contributed by atoms with van der Waals surface area (Å²) in [5, 5.41) is 4.41. The van der Waals surface area contributed by atoms with Crippen molar-refractivity contribution in [3.8, 4) is 5.75 Å². The number of rotatable bonds is 4. The van der Waals surface area contributed by atoms with Gasteiger partial charge in [0.2, 0.25) is 0 Å². The van der Waals surface area contributed by atoms with Crippen LogP contribution in [0.25, 0.3) is 0 Å². The molecule has 1 aliphatic rings. The van der Waals surface area contributed by atoms with E-state index in [1.807, 2.05) is 4.68 Å². The first kappa shape index (κ1) is 13.4. The zero-order chi connectivity index (χ0) is 13.1. The van der Waals surface area contributed by atoms with Gasteiger partial charge in [-0.15, -0.1) is 0 Å². The van der Waals surface area contributed by atoms with Gasteiger partial charge in [0.1, 0.15) is 0 Å². The third kappa shape index (κ3) is 2.53. The first-order chi connectivity index (χ1) is 8.65. The Hall–Kier alpha value is -1.03. The third-order valence-corrected chi connectivity index (χ3v) is 3.98. The minimum Gasteiger partial charge on any atom is -0.493 e. The summed E-state index contributed by atoms with van der Waals surface area (Å²) in [6.07, 6.45) is 8.20. The molecule has 1 heterocycles. The molecule has 1 fully saturated rings. The molecule has 0 spiro atoms. The van der Waals surface area contributed by atoms with Crippen LogP contribution < -0.4 is 10.5 Å². The molecule has 1 aliphatic carbocycles. The fourth-order valence-electron chi connectivity index (χ4n) is 2.96. The monoisotopic (exact) mass is 251 g/mol. The standard InChI is InChI=1S/C14H25N3O/c1-10(2)17-14(12(18-3)9-16-17)13(15)11-7-5-4-6-8-11/h9-11,13H,4-8,15H2,1-3H3. The first-order valence-electron chi connectivity index (χ1n) is 7.02. The lowest BCUT2D eigenvalue weighted by Crippen LogP contribution is -2.27. The molecule has 1 aromatic heterocycles. The molecule has 18 heavy (non-hydrogen) atoms. The molecule has 1 unspecified atom stereocenters. The van der Waals surface area contributed by atoms with Crippen LogP contribution in [0.2, 0.25) is 0 Å².